The van der Waals surface area contributed by atoms with Crippen molar-refractivity contribution in [2.75, 3.05) is 12.4 Å². The molecule has 0 spiro atoms. The van der Waals surface area contributed by atoms with Crippen LogP contribution in [-0.4, -0.2) is 29.2 Å². The van der Waals surface area contributed by atoms with E-state index < -0.39 is 12.5 Å². The lowest BCUT2D eigenvalue weighted by molar-refractivity contribution is -0.0512. The van der Waals surface area contributed by atoms with E-state index in [9.17, 15) is 13.6 Å². The first-order valence-corrected chi connectivity index (χ1v) is 8.97. The van der Waals surface area contributed by atoms with Crippen LogP contribution >= 0.6 is 11.8 Å². The summed E-state index contributed by atoms with van der Waals surface area (Å²) in [4.78, 5) is 17.7. The van der Waals surface area contributed by atoms with E-state index in [0.717, 1.165) is 10.1 Å². The molecule has 0 aliphatic rings. The van der Waals surface area contributed by atoms with Gasteiger partial charge in [-0.05, 0) is 42.5 Å². The Bertz CT molecular complexity index is 961. The van der Waals surface area contributed by atoms with E-state index in [1.807, 2.05) is 29.9 Å². The van der Waals surface area contributed by atoms with Gasteiger partial charge in [0.2, 0.25) is 0 Å². The molecule has 3 rings (SSSR count). The van der Waals surface area contributed by atoms with Crippen molar-refractivity contribution in [1.29, 1.82) is 0 Å². The van der Waals surface area contributed by atoms with Gasteiger partial charge in [0.25, 0.3) is 5.91 Å². The molecule has 0 radical (unpaired) electrons. The molecule has 9 heteroatoms. The first-order valence-electron chi connectivity index (χ1n) is 8.15. The second-order valence-electron chi connectivity index (χ2n) is 5.65. The minimum Gasteiger partial charge on any atom is -0.493 e. The largest absolute Gasteiger partial charge is 0.493 e. The molecule has 2 aromatic carbocycles. The second kappa shape index (κ2) is 8.75. The normalized spacial score (nSPS) is 10.8. The van der Waals surface area contributed by atoms with E-state index in [4.69, 9.17) is 4.74 Å². The van der Waals surface area contributed by atoms with Gasteiger partial charge in [0.15, 0.2) is 16.7 Å². The third kappa shape index (κ3) is 4.80. The van der Waals surface area contributed by atoms with Gasteiger partial charge in [-0.1, -0.05) is 11.8 Å². The number of imidazole rings is 1. The first kappa shape index (κ1) is 19.7. The lowest BCUT2D eigenvalue weighted by Crippen LogP contribution is -2.12. The van der Waals surface area contributed by atoms with Gasteiger partial charge in [-0.25, -0.2) is 4.98 Å². The Morgan fingerprint density at radius 1 is 1.18 bits per heavy atom. The fourth-order valence-electron chi connectivity index (χ4n) is 2.37. The predicted octanol–water partition coefficient (Wildman–Crippen LogP) is 4.43. The minimum absolute atomic E-state index is 0.0507. The number of ether oxygens (including phenoxy) is 2. The smallest absolute Gasteiger partial charge is 0.387 e. The number of nitrogens with one attached hydrogen (secondary N) is 1. The van der Waals surface area contributed by atoms with Crippen LogP contribution in [0.3, 0.4) is 0 Å². The standard InChI is InChI=1S/C19H17F2N3O3S/c1-24-10-9-22-19(24)28-14-6-4-13(5-7-14)23-17(25)12-3-8-15(27-18(20)21)16(11-12)26-2/h3-11,18H,1-2H3,(H,23,25). The number of hydrogen-bond acceptors (Lipinski definition) is 5. The van der Waals surface area contributed by atoms with Crippen LogP contribution in [0.25, 0.3) is 0 Å². The van der Waals surface area contributed by atoms with Crippen molar-refractivity contribution in [3.63, 3.8) is 0 Å². The molecule has 0 atom stereocenters. The maximum Gasteiger partial charge on any atom is 0.387 e. The van der Waals surface area contributed by atoms with Crippen LogP contribution in [0, 0.1) is 0 Å². The summed E-state index contributed by atoms with van der Waals surface area (Å²) in [6.45, 7) is -2.98. The summed E-state index contributed by atoms with van der Waals surface area (Å²) in [5.41, 5.74) is 0.853. The Hall–Kier alpha value is -3.07. The summed E-state index contributed by atoms with van der Waals surface area (Å²) in [5, 5.41) is 3.61. The minimum atomic E-state index is -2.98. The molecule has 1 aromatic heterocycles. The van der Waals surface area contributed by atoms with Gasteiger partial charge in [-0.2, -0.15) is 8.78 Å². The number of aromatic nitrogens is 2. The van der Waals surface area contributed by atoms with Crippen molar-refractivity contribution in [2.24, 2.45) is 7.05 Å². The van der Waals surface area contributed by atoms with E-state index in [-0.39, 0.29) is 17.1 Å². The molecule has 146 valence electrons. The number of amides is 1. The predicted molar refractivity (Wildman–Crippen MR) is 101 cm³/mol. The summed E-state index contributed by atoms with van der Waals surface area (Å²) >= 11 is 1.50. The number of aryl methyl sites for hydroxylation is 1. The lowest BCUT2D eigenvalue weighted by Gasteiger charge is -2.12. The summed E-state index contributed by atoms with van der Waals surface area (Å²) < 4.78 is 36.1. The fraction of sp³-hybridized carbons (Fsp3) is 0.158. The van der Waals surface area contributed by atoms with Crippen LogP contribution in [0.1, 0.15) is 10.4 Å². The van der Waals surface area contributed by atoms with Crippen molar-refractivity contribution in [2.45, 2.75) is 16.7 Å². The monoisotopic (exact) mass is 405 g/mol. The van der Waals surface area contributed by atoms with Gasteiger partial charge in [-0.3, -0.25) is 4.79 Å². The highest BCUT2D eigenvalue weighted by molar-refractivity contribution is 7.99. The molecule has 1 N–H and O–H groups in total. The SMILES string of the molecule is COc1cc(C(=O)Nc2ccc(Sc3nccn3C)cc2)ccc1OC(F)F. The number of nitrogens with zero attached hydrogens (tertiary/aromatic N) is 2. The molecular formula is C19H17F2N3O3S. The molecule has 0 saturated carbocycles. The van der Waals surface area contributed by atoms with Crippen LogP contribution in [-0.2, 0) is 7.05 Å². The van der Waals surface area contributed by atoms with Crippen LogP contribution in [0.5, 0.6) is 11.5 Å². The molecule has 3 aromatic rings. The van der Waals surface area contributed by atoms with Gasteiger partial charge in [0.05, 0.1) is 7.11 Å². The highest BCUT2D eigenvalue weighted by atomic mass is 32.2. The van der Waals surface area contributed by atoms with E-state index >= 15 is 0 Å². The van der Waals surface area contributed by atoms with Crippen LogP contribution < -0.4 is 14.8 Å². The van der Waals surface area contributed by atoms with E-state index in [0.29, 0.717) is 5.69 Å². The van der Waals surface area contributed by atoms with Gasteiger partial charge in [0.1, 0.15) is 0 Å². The molecule has 0 unspecified atom stereocenters. The van der Waals surface area contributed by atoms with Crippen LogP contribution in [0.2, 0.25) is 0 Å². The van der Waals surface area contributed by atoms with Crippen LogP contribution in [0.4, 0.5) is 14.5 Å². The number of carbonyl (C=O) groups excluding carboxylic acids is 1. The summed E-state index contributed by atoms with van der Waals surface area (Å²) in [6.07, 6.45) is 3.59. The molecule has 6 nitrogen and oxygen atoms in total. The van der Waals surface area contributed by atoms with Crippen molar-refractivity contribution < 1.29 is 23.0 Å². The number of hydrogen-bond donors (Lipinski definition) is 1. The Labute approximate surface area is 164 Å². The first-order chi connectivity index (χ1) is 13.5. The maximum atomic E-state index is 12.4. The zero-order chi connectivity index (χ0) is 20.1. The molecule has 0 bridgehead atoms. The molecule has 0 aliphatic heterocycles. The Morgan fingerprint density at radius 2 is 1.93 bits per heavy atom. The molecule has 1 heterocycles. The van der Waals surface area contributed by atoms with Gasteiger partial charge in [0, 0.05) is 35.6 Å². The molecule has 0 aliphatic carbocycles. The summed E-state index contributed by atoms with van der Waals surface area (Å²) in [5.74, 6) is -0.481. The molecule has 0 fully saturated rings. The average molecular weight is 405 g/mol. The van der Waals surface area contributed by atoms with Gasteiger partial charge >= 0.3 is 6.61 Å². The highest BCUT2D eigenvalue weighted by Gasteiger charge is 2.14. The quantitative estimate of drug-likeness (QED) is 0.630. The number of alkyl halides is 2. The van der Waals surface area contributed by atoms with Crippen molar-refractivity contribution in [3.8, 4) is 11.5 Å². The summed E-state index contributed by atoms with van der Waals surface area (Å²) in [7, 11) is 3.23. The third-order valence-electron chi connectivity index (χ3n) is 3.74. The number of methoxy groups -OCH3 is 1. The third-order valence-corrected chi connectivity index (χ3v) is 4.82. The molecule has 28 heavy (non-hydrogen) atoms. The van der Waals surface area contributed by atoms with Gasteiger partial charge < -0.3 is 19.4 Å². The van der Waals surface area contributed by atoms with Crippen molar-refractivity contribution in [1.82, 2.24) is 9.55 Å². The molecular weight excluding hydrogens is 388 g/mol. The zero-order valence-corrected chi connectivity index (χ0v) is 15.9. The fourth-order valence-corrected chi connectivity index (χ4v) is 3.17. The average Bonchev–Trinajstić information content (AvgIpc) is 3.07. The lowest BCUT2D eigenvalue weighted by atomic mass is 10.2. The number of halogens is 2. The van der Waals surface area contributed by atoms with Crippen molar-refractivity contribution in [3.05, 3.63) is 60.4 Å². The highest BCUT2D eigenvalue weighted by Crippen LogP contribution is 2.30. The summed E-state index contributed by atoms with van der Waals surface area (Å²) in [6, 6.07) is 11.3. The molecule has 0 saturated heterocycles. The second-order valence-corrected chi connectivity index (χ2v) is 6.69. The number of benzene rings is 2. The van der Waals surface area contributed by atoms with E-state index in [2.05, 4.69) is 15.0 Å². The topological polar surface area (TPSA) is 65.4 Å². The van der Waals surface area contributed by atoms with E-state index in [1.165, 1.54) is 37.1 Å². The number of anilines is 1. The molecule has 1 amide bonds. The van der Waals surface area contributed by atoms with Gasteiger partial charge in [-0.15, -0.1) is 0 Å². The Balaban J connectivity index is 1.68. The zero-order valence-electron chi connectivity index (χ0n) is 15.1. The maximum absolute atomic E-state index is 12.4. The number of carbonyl (C=O) groups is 1. The number of rotatable bonds is 7. The Kier molecular flexibility index (Phi) is 6.15. The van der Waals surface area contributed by atoms with E-state index in [1.54, 1.807) is 18.3 Å². The Morgan fingerprint density at radius 3 is 2.54 bits per heavy atom. The van der Waals surface area contributed by atoms with Crippen LogP contribution in [0.15, 0.2) is 64.9 Å². The van der Waals surface area contributed by atoms with Crippen molar-refractivity contribution >= 4 is 23.4 Å².